The van der Waals surface area contributed by atoms with Crippen LogP contribution < -0.4 is 4.90 Å². The number of hydrogen-bond acceptors (Lipinski definition) is 3. The van der Waals surface area contributed by atoms with E-state index in [0.29, 0.717) is 13.1 Å². The number of nitrogens with zero attached hydrogens (tertiary/aromatic N) is 1. The second-order valence-electron chi connectivity index (χ2n) is 3.77. The molecule has 0 amide bonds. The lowest BCUT2D eigenvalue weighted by Crippen LogP contribution is -2.64. The summed E-state index contributed by atoms with van der Waals surface area (Å²) in [4.78, 5) is 2.00. The van der Waals surface area contributed by atoms with Crippen molar-refractivity contribution in [2.24, 2.45) is 0 Å². The van der Waals surface area contributed by atoms with Crippen molar-refractivity contribution in [2.75, 3.05) is 32.2 Å². The number of halogens is 2. The molecule has 1 aromatic rings. The van der Waals surface area contributed by atoms with Crippen LogP contribution in [0.5, 0.6) is 0 Å². The summed E-state index contributed by atoms with van der Waals surface area (Å²) in [7, 11) is 3.23. The fourth-order valence-corrected chi connectivity index (χ4v) is 2.27. The summed E-state index contributed by atoms with van der Waals surface area (Å²) >= 11 is 3.40. The first-order valence-corrected chi connectivity index (χ1v) is 5.70. The van der Waals surface area contributed by atoms with Gasteiger partial charge in [-0.25, -0.2) is 4.39 Å². The lowest BCUT2D eigenvalue weighted by atomic mass is 10.1. The van der Waals surface area contributed by atoms with Gasteiger partial charge in [-0.2, -0.15) is 0 Å². The Bertz CT molecular complexity index is 388. The van der Waals surface area contributed by atoms with Gasteiger partial charge in [0.25, 0.3) is 0 Å². The van der Waals surface area contributed by atoms with Crippen LogP contribution in [-0.2, 0) is 9.47 Å². The van der Waals surface area contributed by atoms with E-state index < -0.39 is 5.79 Å². The normalized spacial score (nSPS) is 18.4. The number of benzene rings is 1. The third-order valence-corrected chi connectivity index (χ3v) is 3.53. The maximum atomic E-state index is 13.1. The van der Waals surface area contributed by atoms with Gasteiger partial charge >= 0.3 is 0 Å². The summed E-state index contributed by atoms with van der Waals surface area (Å²) in [6.45, 7) is 1.20. The fraction of sp³-hybridized carbons (Fsp3) is 0.455. The average molecular weight is 290 g/mol. The van der Waals surface area contributed by atoms with Crippen molar-refractivity contribution in [1.29, 1.82) is 0 Å². The van der Waals surface area contributed by atoms with Crippen molar-refractivity contribution in [1.82, 2.24) is 0 Å². The topological polar surface area (TPSA) is 21.7 Å². The largest absolute Gasteiger partial charge is 0.360 e. The predicted molar refractivity (Wildman–Crippen MR) is 63.1 cm³/mol. The molecule has 5 heteroatoms. The lowest BCUT2D eigenvalue weighted by Gasteiger charge is -2.49. The van der Waals surface area contributed by atoms with E-state index in [1.807, 2.05) is 4.90 Å². The van der Waals surface area contributed by atoms with Crippen LogP contribution in [0.15, 0.2) is 22.7 Å². The van der Waals surface area contributed by atoms with Gasteiger partial charge in [0.2, 0.25) is 5.79 Å². The molecule has 3 nitrogen and oxygen atoms in total. The first kappa shape index (κ1) is 11.8. The molecule has 88 valence electrons. The molecule has 0 aliphatic carbocycles. The molecule has 1 heterocycles. The molecule has 1 fully saturated rings. The Hall–Kier alpha value is -0.650. The van der Waals surface area contributed by atoms with Crippen molar-refractivity contribution in [3.05, 3.63) is 28.5 Å². The molecule has 0 spiro atoms. The van der Waals surface area contributed by atoms with Gasteiger partial charge in [0.05, 0.1) is 18.8 Å². The minimum Gasteiger partial charge on any atom is -0.360 e. The van der Waals surface area contributed by atoms with Crippen LogP contribution in [0.4, 0.5) is 10.1 Å². The molecular weight excluding hydrogens is 277 g/mol. The molecule has 1 aliphatic rings. The summed E-state index contributed by atoms with van der Waals surface area (Å²) < 4.78 is 24.5. The molecule has 0 radical (unpaired) electrons. The summed E-state index contributed by atoms with van der Waals surface area (Å²) in [5.41, 5.74) is 0.824. The Balaban J connectivity index is 2.14. The number of hydrogen-bond donors (Lipinski definition) is 0. The minimum atomic E-state index is -0.550. The molecule has 0 unspecified atom stereocenters. The minimum absolute atomic E-state index is 0.245. The van der Waals surface area contributed by atoms with E-state index in [1.165, 1.54) is 12.1 Å². The number of methoxy groups -OCH3 is 2. The van der Waals surface area contributed by atoms with E-state index in [2.05, 4.69) is 15.9 Å². The first-order chi connectivity index (χ1) is 7.60. The SMILES string of the molecule is COC1(OC)CN(c2cc(F)ccc2Br)C1. The lowest BCUT2D eigenvalue weighted by molar-refractivity contribution is -0.219. The Kier molecular flexibility index (Phi) is 3.19. The van der Waals surface area contributed by atoms with E-state index in [1.54, 1.807) is 20.3 Å². The summed E-state index contributed by atoms with van der Waals surface area (Å²) in [5.74, 6) is -0.795. The zero-order chi connectivity index (χ0) is 11.8. The van der Waals surface area contributed by atoms with E-state index in [0.717, 1.165) is 10.2 Å². The van der Waals surface area contributed by atoms with Crippen LogP contribution in [-0.4, -0.2) is 33.1 Å². The Morgan fingerprint density at radius 2 is 1.94 bits per heavy atom. The average Bonchev–Trinajstić information content (AvgIpc) is 2.23. The molecule has 0 saturated carbocycles. The summed E-state index contributed by atoms with van der Waals surface area (Å²) in [6.07, 6.45) is 0. The Morgan fingerprint density at radius 1 is 1.31 bits per heavy atom. The highest BCUT2D eigenvalue weighted by atomic mass is 79.9. The smallest absolute Gasteiger partial charge is 0.203 e. The van der Waals surface area contributed by atoms with E-state index in [-0.39, 0.29) is 5.82 Å². The zero-order valence-corrected chi connectivity index (χ0v) is 10.8. The standard InChI is InChI=1S/C11H13BrFNO2/c1-15-11(16-2)6-14(7-11)10-5-8(13)3-4-9(10)12/h3-5H,6-7H2,1-2H3. The quantitative estimate of drug-likeness (QED) is 0.798. The van der Waals surface area contributed by atoms with Gasteiger partial charge in [0.15, 0.2) is 0 Å². The maximum Gasteiger partial charge on any atom is 0.203 e. The highest BCUT2D eigenvalue weighted by Gasteiger charge is 2.44. The van der Waals surface area contributed by atoms with E-state index in [4.69, 9.17) is 9.47 Å². The third-order valence-electron chi connectivity index (χ3n) is 2.86. The van der Waals surface area contributed by atoms with Crippen LogP contribution in [0.1, 0.15) is 0 Å². The van der Waals surface area contributed by atoms with Crippen LogP contribution in [0.2, 0.25) is 0 Å². The molecule has 1 saturated heterocycles. The van der Waals surface area contributed by atoms with Gasteiger partial charge in [-0.05, 0) is 34.1 Å². The second kappa shape index (κ2) is 4.31. The van der Waals surface area contributed by atoms with Gasteiger partial charge in [-0.15, -0.1) is 0 Å². The molecule has 0 atom stereocenters. The van der Waals surface area contributed by atoms with Crippen LogP contribution >= 0.6 is 15.9 Å². The van der Waals surface area contributed by atoms with Crippen molar-refractivity contribution >= 4 is 21.6 Å². The highest BCUT2D eigenvalue weighted by molar-refractivity contribution is 9.10. The number of ether oxygens (including phenoxy) is 2. The number of rotatable bonds is 3. The van der Waals surface area contributed by atoms with E-state index in [9.17, 15) is 4.39 Å². The van der Waals surface area contributed by atoms with Gasteiger partial charge in [0, 0.05) is 18.7 Å². The van der Waals surface area contributed by atoms with Gasteiger partial charge in [0.1, 0.15) is 5.82 Å². The molecule has 1 aliphatic heterocycles. The van der Waals surface area contributed by atoms with Crippen molar-refractivity contribution in [3.8, 4) is 0 Å². The fourth-order valence-electron chi connectivity index (χ4n) is 1.78. The van der Waals surface area contributed by atoms with Gasteiger partial charge in [-0.3, -0.25) is 0 Å². The van der Waals surface area contributed by atoms with Crippen LogP contribution in [0.25, 0.3) is 0 Å². The highest BCUT2D eigenvalue weighted by Crippen LogP contribution is 2.35. The maximum absolute atomic E-state index is 13.1. The zero-order valence-electron chi connectivity index (χ0n) is 9.17. The molecule has 0 N–H and O–H groups in total. The molecular formula is C11H13BrFNO2. The summed E-state index contributed by atoms with van der Waals surface area (Å²) in [6, 6.07) is 4.62. The second-order valence-corrected chi connectivity index (χ2v) is 4.63. The van der Waals surface area contributed by atoms with E-state index >= 15 is 0 Å². The van der Waals surface area contributed by atoms with Gasteiger partial charge in [-0.1, -0.05) is 0 Å². The van der Waals surface area contributed by atoms with Crippen molar-refractivity contribution in [2.45, 2.75) is 5.79 Å². The Morgan fingerprint density at radius 3 is 2.50 bits per heavy atom. The molecule has 0 bridgehead atoms. The van der Waals surface area contributed by atoms with Gasteiger partial charge < -0.3 is 14.4 Å². The monoisotopic (exact) mass is 289 g/mol. The van der Waals surface area contributed by atoms with Crippen molar-refractivity contribution < 1.29 is 13.9 Å². The molecule has 16 heavy (non-hydrogen) atoms. The summed E-state index contributed by atoms with van der Waals surface area (Å²) in [5, 5.41) is 0. The molecule has 1 aromatic carbocycles. The first-order valence-electron chi connectivity index (χ1n) is 4.90. The van der Waals surface area contributed by atoms with Crippen molar-refractivity contribution in [3.63, 3.8) is 0 Å². The number of anilines is 1. The predicted octanol–water partition coefficient (Wildman–Crippen LogP) is 2.40. The Labute approximate surface area is 102 Å². The third kappa shape index (κ3) is 1.95. The molecule has 2 rings (SSSR count). The molecule has 0 aromatic heterocycles. The van der Waals surface area contributed by atoms with Crippen LogP contribution in [0, 0.1) is 5.82 Å². The van der Waals surface area contributed by atoms with Crippen LogP contribution in [0.3, 0.4) is 0 Å².